The fourth-order valence-electron chi connectivity index (χ4n) is 2.64. The summed E-state index contributed by atoms with van der Waals surface area (Å²) < 4.78 is 5.85. The number of ether oxygens (including phenoxy) is 1. The molecule has 1 aliphatic heterocycles. The zero-order valence-corrected chi connectivity index (χ0v) is 10.6. The molecule has 1 amide bonds. The molecular formula is C13H21NO4. The number of rotatable bonds is 3. The van der Waals surface area contributed by atoms with Crippen LogP contribution in [0, 0.1) is 5.92 Å². The number of piperidine rings is 1. The molecule has 5 nitrogen and oxygen atoms in total. The minimum atomic E-state index is -0.819. The van der Waals surface area contributed by atoms with Gasteiger partial charge in [0.15, 0.2) is 0 Å². The number of ketones is 1. The predicted octanol–water partition coefficient (Wildman–Crippen LogP) is 1.90. The van der Waals surface area contributed by atoms with Crippen molar-refractivity contribution in [1.29, 1.82) is 0 Å². The van der Waals surface area contributed by atoms with E-state index < -0.39 is 6.09 Å². The predicted molar refractivity (Wildman–Crippen MR) is 65.5 cm³/mol. The van der Waals surface area contributed by atoms with Crippen LogP contribution in [-0.2, 0) is 9.53 Å². The minimum Gasteiger partial charge on any atom is -0.465 e. The number of hydrogen-bond acceptors (Lipinski definition) is 3. The van der Waals surface area contributed by atoms with Crippen LogP contribution in [0.1, 0.15) is 38.5 Å². The lowest BCUT2D eigenvalue weighted by Gasteiger charge is -2.31. The van der Waals surface area contributed by atoms with Crippen molar-refractivity contribution >= 4 is 11.9 Å². The van der Waals surface area contributed by atoms with E-state index in [-0.39, 0.29) is 6.10 Å². The summed E-state index contributed by atoms with van der Waals surface area (Å²) in [5.41, 5.74) is 0. The van der Waals surface area contributed by atoms with Crippen LogP contribution in [-0.4, -0.2) is 47.7 Å². The van der Waals surface area contributed by atoms with E-state index in [4.69, 9.17) is 9.84 Å². The highest BCUT2D eigenvalue weighted by Gasteiger charge is 2.24. The van der Waals surface area contributed by atoms with Crippen LogP contribution in [0.4, 0.5) is 4.79 Å². The van der Waals surface area contributed by atoms with Crippen molar-refractivity contribution < 1.29 is 19.4 Å². The van der Waals surface area contributed by atoms with Gasteiger partial charge in [-0.15, -0.1) is 0 Å². The zero-order valence-electron chi connectivity index (χ0n) is 10.6. The Bertz CT molecular complexity index is 300. The van der Waals surface area contributed by atoms with Crippen LogP contribution in [0.2, 0.25) is 0 Å². The first kappa shape index (κ1) is 13.3. The van der Waals surface area contributed by atoms with Crippen LogP contribution in [0.3, 0.4) is 0 Å². The van der Waals surface area contributed by atoms with Gasteiger partial charge < -0.3 is 14.7 Å². The SMILES string of the molecule is O=C1CCC(OCC2CCN(C(=O)O)CC2)CC1. The molecule has 1 saturated carbocycles. The maximum absolute atomic E-state index is 11.1. The molecule has 0 radical (unpaired) electrons. The Hall–Kier alpha value is -1.10. The first-order chi connectivity index (χ1) is 8.65. The normalized spacial score (nSPS) is 23.3. The van der Waals surface area contributed by atoms with Gasteiger partial charge in [0.2, 0.25) is 0 Å². The lowest BCUT2D eigenvalue weighted by Crippen LogP contribution is -2.39. The minimum absolute atomic E-state index is 0.236. The zero-order chi connectivity index (χ0) is 13.0. The van der Waals surface area contributed by atoms with E-state index in [1.54, 1.807) is 0 Å². The summed E-state index contributed by atoms with van der Waals surface area (Å²) in [5.74, 6) is 0.822. The lowest BCUT2D eigenvalue weighted by molar-refractivity contribution is -0.123. The third-order valence-corrected chi connectivity index (χ3v) is 3.94. The third kappa shape index (κ3) is 3.70. The first-order valence-electron chi connectivity index (χ1n) is 6.76. The van der Waals surface area contributed by atoms with Gasteiger partial charge in [-0.3, -0.25) is 4.79 Å². The van der Waals surface area contributed by atoms with Crippen molar-refractivity contribution in [2.24, 2.45) is 5.92 Å². The molecular weight excluding hydrogens is 234 g/mol. The molecule has 0 aromatic carbocycles. The Balaban J connectivity index is 1.63. The molecule has 0 bridgehead atoms. The number of nitrogens with zero attached hydrogens (tertiary/aromatic N) is 1. The summed E-state index contributed by atoms with van der Waals surface area (Å²) in [6.07, 6.45) is 4.21. The Morgan fingerprint density at radius 1 is 1.22 bits per heavy atom. The van der Waals surface area contributed by atoms with Gasteiger partial charge in [0.05, 0.1) is 6.10 Å². The number of amides is 1. The number of carbonyl (C=O) groups is 2. The molecule has 1 saturated heterocycles. The standard InChI is InChI=1S/C13H21NO4/c15-11-1-3-12(4-2-11)18-9-10-5-7-14(8-6-10)13(16)17/h10,12H,1-9H2,(H,16,17). The molecule has 102 valence electrons. The number of carbonyl (C=O) groups excluding carboxylic acids is 1. The van der Waals surface area contributed by atoms with E-state index in [2.05, 4.69) is 0 Å². The van der Waals surface area contributed by atoms with E-state index in [1.807, 2.05) is 0 Å². The number of Topliss-reactive ketones (excluding diaryl/α,β-unsaturated/α-hetero) is 1. The van der Waals surface area contributed by atoms with Crippen molar-refractivity contribution in [3.05, 3.63) is 0 Å². The van der Waals surface area contributed by atoms with Gasteiger partial charge in [0.25, 0.3) is 0 Å². The fourth-order valence-corrected chi connectivity index (χ4v) is 2.64. The van der Waals surface area contributed by atoms with Gasteiger partial charge in [0, 0.05) is 32.5 Å². The van der Waals surface area contributed by atoms with Gasteiger partial charge in [-0.05, 0) is 31.6 Å². The molecule has 0 spiro atoms. The molecule has 5 heteroatoms. The van der Waals surface area contributed by atoms with Crippen molar-refractivity contribution in [3.8, 4) is 0 Å². The summed E-state index contributed by atoms with van der Waals surface area (Å²) in [5, 5.41) is 8.85. The fraction of sp³-hybridized carbons (Fsp3) is 0.846. The average molecular weight is 255 g/mol. The van der Waals surface area contributed by atoms with Gasteiger partial charge in [0.1, 0.15) is 5.78 Å². The van der Waals surface area contributed by atoms with Crippen molar-refractivity contribution in [3.63, 3.8) is 0 Å². The molecule has 2 rings (SSSR count). The number of hydrogen-bond donors (Lipinski definition) is 1. The topological polar surface area (TPSA) is 66.8 Å². The molecule has 0 aromatic rings. The van der Waals surface area contributed by atoms with Crippen molar-refractivity contribution in [2.45, 2.75) is 44.6 Å². The Morgan fingerprint density at radius 2 is 1.83 bits per heavy atom. The molecule has 1 N–H and O–H groups in total. The Labute approximate surface area is 107 Å². The van der Waals surface area contributed by atoms with E-state index in [0.29, 0.717) is 44.2 Å². The van der Waals surface area contributed by atoms with Gasteiger partial charge in [-0.2, -0.15) is 0 Å². The van der Waals surface area contributed by atoms with Gasteiger partial charge in [-0.25, -0.2) is 4.79 Å². The molecule has 18 heavy (non-hydrogen) atoms. The lowest BCUT2D eigenvalue weighted by atomic mass is 9.95. The monoisotopic (exact) mass is 255 g/mol. The second-order valence-electron chi connectivity index (χ2n) is 5.28. The molecule has 2 fully saturated rings. The highest BCUT2D eigenvalue weighted by Crippen LogP contribution is 2.22. The van der Waals surface area contributed by atoms with Gasteiger partial charge in [-0.1, -0.05) is 0 Å². The smallest absolute Gasteiger partial charge is 0.407 e. The van der Waals surface area contributed by atoms with E-state index in [1.165, 1.54) is 4.90 Å². The van der Waals surface area contributed by atoms with Crippen LogP contribution >= 0.6 is 0 Å². The van der Waals surface area contributed by atoms with E-state index in [9.17, 15) is 9.59 Å². The van der Waals surface area contributed by atoms with Crippen LogP contribution in [0.15, 0.2) is 0 Å². The highest BCUT2D eigenvalue weighted by molar-refractivity contribution is 5.79. The molecule has 1 aliphatic carbocycles. The second kappa shape index (κ2) is 6.18. The molecule has 0 aromatic heterocycles. The van der Waals surface area contributed by atoms with E-state index >= 15 is 0 Å². The first-order valence-corrected chi connectivity index (χ1v) is 6.76. The average Bonchev–Trinajstić information content (AvgIpc) is 2.38. The Kier molecular flexibility index (Phi) is 4.58. The Morgan fingerprint density at radius 3 is 2.39 bits per heavy atom. The van der Waals surface area contributed by atoms with Crippen LogP contribution in [0.5, 0.6) is 0 Å². The quantitative estimate of drug-likeness (QED) is 0.836. The third-order valence-electron chi connectivity index (χ3n) is 3.94. The van der Waals surface area contributed by atoms with Crippen molar-refractivity contribution in [1.82, 2.24) is 4.90 Å². The summed E-state index contributed by atoms with van der Waals surface area (Å²) in [6.45, 7) is 1.95. The molecule has 2 aliphatic rings. The van der Waals surface area contributed by atoms with Crippen LogP contribution < -0.4 is 0 Å². The van der Waals surface area contributed by atoms with Crippen molar-refractivity contribution in [2.75, 3.05) is 19.7 Å². The van der Waals surface area contributed by atoms with E-state index in [0.717, 1.165) is 25.7 Å². The maximum Gasteiger partial charge on any atom is 0.407 e. The summed E-state index contributed by atoms with van der Waals surface area (Å²) in [6, 6.07) is 0. The number of carboxylic acid groups (broad SMARTS) is 1. The summed E-state index contributed by atoms with van der Waals surface area (Å²) in [7, 11) is 0. The highest BCUT2D eigenvalue weighted by atomic mass is 16.5. The summed E-state index contributed by atoms with van der Waals surface area (Å²) in [4.78, 5) is 23.3. The molecule has 0 atom stereocenters. The second-order valence-corrected chi connectivity index (χ2v) is 5.28. The largest absolute Gasteiger partial charge is 0.465 e. The number of likely N-dealkylation sites (tertiary alicyclic amines) is 1. The maximum atomic E-state index is 11.1. The molecule has 0 unspecified atom stereocenters. The summed E-state index contributed by atoms with van der Waals surface area (Å²) >= 11 is 0. The van der Waals surface area contributed by atoms with Gasteiger partial charge >= 0.3 is 6.09 Å². The molecule has 1 heterocycles. The van der Waals surface area contributed by atoms with Crippen LogP contribution in [0.25, 0.3) is 0 Å².